The van der Waals surface area contributed by atoms with Gasteiger partial charge in [0.05, 0.1) is 22.1 Å². The molecule has 1 aliphatic rings. The Labute approximate surface area is 219 Å². The lowest BCUT2D eigenvalue weighted by Crippen LogP contribution is -2.13. The average molecular weight is 485 g/mol. The van der Waals surface area contributed by atoms with Gasteiger partial charge < -0.3 is 0 Å². The summed E-state index contributed by atoms with van der Waals surface area (Å²) < 4.78 is 0. The average Bonchev–Trinajstić information content (AvgIpc) is 2.93. The number of hydrogen-bond acceptors (Lipinski definition) is 2. The van der Waals surface area contributed by atoms with E-state index in [0.717, 1.165) is 43.3 Å². The van der Waals surface area contributed by atoms with Crippen molar-refractivity contribution < 1.29 is 0 Å². The van der Waals surface area contributed by atoms with Crippen molar-refractivity contribution in [3.8, 4) is 0 Å². The van der Waals surface area contributed by atoms with E-state index in [-0.39, 0.29) is 0 Å². The summed E-state index contributed by atoms with van der Waals surface area (Å²) in [5, 5.41) is 13.8. The predicted molar refractivity (Wildman–Crippen MR) is 158 cm³/mol. The van der Waals surface area contributed by atoms with E-state index in [9.17, 15) is 0 Å². The summed E-state index contributed by atoms with van der Waals surface area (Å²) in [6.07, 6.45) is 0. The molecule has 0 N–H and O–H groups in total. The van der Waals surface area contributed by atoms with Gasteiger partial charge in [-0.05, 0) is 58.3 Å². The van der Waals surface area contributed by atoms with Crippen molar-refractivity contribution in [3.05, 3.63) is 141 Å². The fraction of sp³-hybridized carbons (Fsp3) is 0.0556. The quantitative estimate of drug-likeness (QED) is 0.193. The van der Waals surface area contributed by atoms with E-state index in [0.29, 0.717) is 0 Å². The first-order valence-electron chi connectivity index (χ1n) is 13.1. The van der Waals surface area contributed by atoms with Crippen LogP contribution in [0.3, 0.4) is 0 Å². The third-order valence-corrected chi connectivity index (χ3v) is 7.90. The lowest BCUT2D eigenvalue weighted by Gasteiger charge is -2.15. The van der Waals surface area contributed by atoms with E-state index in [2.05, 4.69) is 123 Å². The third-order valence-electron chi connectivity index (χ3n) is 7.90. The minimum absolute atomic E-state index is 0.937. The zero-order valence-corrected chi connectivity index (χ0v) is 21.3. The van der Waals surface area contributed by atoms with Crippen LogP contribution in [0.2, 0.25) is 0 Å². The summed E-state index contributed by atoms with van der Waals surface area (Å²) in [7, 11) is 0. The predicted octanol–water partition coefficient (Wildman–Crippen LogP) is 8.42. The first kappa shape index (κ1) is 21.3. The lowest BCUT2D eigenvalue weighted by atomic mass is 9.95. The monoisotopic (exact) mass is 484 g/mol. The lowest BCUT2D eigenvalue weighted by molar-refractivity contribution is 1.24. The molecule has 1 heterocycles. The number of rotatable bonds is 0. The summed E-state index contributed by atoms with van der Waals surface area (Å²) in [4.78, 5) is 10.9. The second-order valence-electron chi connectivity index (χ2n) is 10.4. The van der Waals surface area contributed by atoms with Gasteiger partial charge in [0.2, 0.25) is 0 Å². The van der Waals surface area contributed by atoms with Crippen LogP contribution in [-0.4, -0.2) is 0 Å². The molecule has 0 fully saturated rings. The Morgan fingerprint density at radius 1 is 0.395 bits per heavy atom. The molecule has 0 saturated heterocycles. The van der Waals surface area contributed by atoms with Gasteiger partial charge in [0, 0.05) is 21.2 Å². The number of aryl methyl sites for hydroxylation is 2. The minimum atomic E-state index is 0.937. The van der Waals surface area contributed by atoms with E-state index < -0.39 is 0 Å². The molecule has 0 atom stereocenters. The molecule has 7 aromatic carbocycles. The highest BCUT2D eigenvalue weighted by molar-refractivity contribution is 6.19. The summed E-state index contributed by atoms with van der Waals surface area (Å²) in [5.74, 6) is 0. The van der Waals surface area contributed by atoms with Crippen LogP contribution in [0.5, 0.6) is 0 Å². The van der Waals surface area contributed by atoms with Crippen LogP contribution in [0.25, 0.3) is 43.1 Å². The van der Waals surface area contributed by atoms with Crippen LogP contribution >= 0.6 is 0 Å². The molecule has 1 aliphatic heterocycles. The van der Waals surface area contributed by atoms with Crippen molar-refractivity contribution in [1.29, 1.82) is 0 Å². The van der Waals surface area contributed by atoms with E-state index in [1.807, 2.05) is 0 Å². The SMILES string of the molecule is Cc1ccc2c3c(c4ccc(C)cc4c2c1)N=c1ccc2ccccc2c1=c1c(ccc2ccccc12)=N3. The maximum Gasteiger partial charge on any atom is 0.0978 e. The van der Waals surface area contributed by atoms with Crippen LogP contribution in [0.4, 0.5) is 11.4 Å². The topological polar surface area (TPSA) is 24.7 Å². The van der Waals surface area contributed by atoms with Gasteiger partial charge in [0.25, 0.3) is 0 Å². The number of hydrogen-bond donors (Lipinski definition) is 0. The Bertz CT molecular complexity index is 2200. The van der Waals surface area contributed by atoms with E-state index in [4.69, 9.17) is 9.98 Å². The highest BCUT2D eigenvalue weighted by Crippen LogP contribution is 2.44. The molecule has 0 spiro atoms. The first-order valence-corrected chi connectivity index (χ1v) is 13.1. The number of nitrogens with zero attached hydrogens (tertiary/aromatic N) is 2. The highest BCUT2D eigenvalue weighted by atomic mass is 14.8. The Balaban J connectivity index is 1.75. The van der Waals surface area contributed by atoms with Crippen molar-refractivity contribution in [1.82, 2.24) is 0 Å². The number of fused-ring (bicyclic) bond motifs is 12. The molecule has 0 bridgehead atoms. The van der Waals surface area contributed by atoms with Gasteiger partial charge in [-0.2, -0.15) is 0 Å². The van der Waals surface area contributed by atoms with Gasteiger partial charge in [-0.15, -0.1) is 0 Å². The zero-order valence-electron chi connectivity index (χ0n) is 21.3. The molecule has 0 aliphatic carbocycles. The van der Waals surface area contributed by atoms with Gasteiger partial charge in [-0.1, -0.05) is 108 Å². The zero-order chi connectivity index (χ0) is 25.4. The molecule has 0 saturated carbocycles. The Morgan fingerprint density at radius 3 is 1.32 bits per heavy atom. The molecule has 0 unspecified atom stereocenters. The fourth-order valence-electron chi connectivity index (χ4n) is 6.13. The van der Waals surface area contributed by atoms with Crippen molar-refractivity contribution in [2.24, 2.45) is 9.98 Å². The Hall–Kier alpha value is -4.82. The molecule has 8 rings (SSSR count). The molecule has 2 heteroatoms. The maximum absolute atomic E-state index is 5.46. The second-order valence-corrected chi connectivity index (χ2v) is 10.4. The van der Waals surface area contributed by atoms with Crippen molar-refractivity contribution >= 4 is 54.5 Å². The normalized spacial score (nSPS) is 12.4. The maximum atomic E-state index is 5.46. The molecular weight excluding hydrogens is 460 g/mol. The van der Waals surface area contributed by atoms with Crippen LogP contribution in [-0.2, 0) is 0 Å². The largest absolute Gasteiger partial charge is 0.245 e. The van der Waals surface area contributed by atoms with E-state index >= 15 is 0 Å². The Kier molecular flexibility index (Phi) is 4.39. The first-order chi connectivity index (χ1) is 18.7. The van der Waals surface area contributed by atoms with E-state index in [1.54, 1.807) is 0 Å². The number of benzene rings is 7. The molecule has 0 aromatic heterocycles. The van der Waals surface area contributed by atoms with Crippen LogP contribution in [0.1, 0.15) is 11.1 Å². The summed E-state index contributed by atoms with van der Waals surface area (Å²) in [6.45, 7) is 4.31. The summed E-state index contributed by atoms with van der Waals surface area (Å²) >= 11 is 0. The van der Waals surface area contributed by atoms with Crippen molar-refractivity contribution in [3.63, 3.8) is 0 Å². The molecule has 2 nitrogen and oxygen atoms in total. The van der Waals surface area contributed by atoms with Gasteiger partial charge in [-0.25, -0.2) is 9.98 Å². The van der Waals surface area contributed by atoms with Crippen molar-refractivity contribution in [2.45, 2.75) is 13.8 Å². The second kappa shape index (κ2) is 7.84. The van der Waals surface area contributed by atoms with Crippen molar-refractivity contribution in [2.75, 3.05) is 0 Å². The third kappa shape index (κ3) is 3.01. The van der Waals surface area contributed by atoms with E-state index in [1.165, 1.54) is 43.4 Å². The van der Waals surface area contributed by atoms with Gasteiger partial charge in [0.1, 0.15) is 0 Å². The molecular formula is C36H24N2. The molecule has 7 aromatic rings. The highest BCUT2D eigenvalue weighted by Gasteiger charge is 2.16. The molecule has 0 amide bonds. The fourth-order valence-corrected chi connectivity index (χ4v) is 6.13. The van der Waals surface area contributed by atoms with Gasteiger partial charge >= 0.3 is 0 Å². The van der Waals surface area contributed by atoms with Gasteiger partial charge in [0.15, 0.2) is 0 Å². The van der Waals surface area contributed by atoms with Crippen LogP contribution in [0, 0.1) is 24.3 Å². The van der Waals surface area contributed by atoms with Crippen LogP contribution in [0.15, 0.2) is 119 Å². The standard InChI is InChI=1S/C36H24N2/c1-21-11-15-27-29(19-21)30-20-22(2)12-16-28(30)36-35(27)37-31-17-13-23-7-3-5-9-25(23)33(31)34-26-10-6-4-8-24(26)14-18-32(34)38-36/h3-20H,1-2H3. The molecule has 0 radical (unpaired) electrons. The summed E-state index contributed by atoms with van der Waals surface area (Å²) in [6, 6.07) is 39.3. The Morgan fingerprint density at radius 2 is 0.842 bits per heavy atom. The minimum Gasteiger partial charge on any atom is -0.245 e. The van der Waals surface area contributed by atoms with Gasteiger partial charge in [-0.3, -0.25) is 0 Å². The molecule has 38 heavy (non-hydrogen) atoms. The summed E-state index contributed by atoms with van der Waals surface area (Å²) in [5.41, 5.74) is 4.36. The molecule has 178 valence electrons. The smallest absolute Gasteiger partial charge is 0.0978 e. The van der Waals surface area contributed by atoms with Crippen LogP contribution < -0.4 is 10.7 Å².